The second-order valence-electron chi connectivity index (χ2n) is 3.79. The number of rotatable bonds is 3. The summed E-state index contributed by atoms with van der Waals surface area (Å²) in [7, 11) is 4.05. The predicted molar refractivity (Wildman–Crippen MR) is 58.9 cm³/mol. The van der Waals surface area contributed by atoms with Gasteiger partial charge in [0.05, 0.1) is 0 Å². The average molecular weight is 194 g/mol. The zero-order valence-electron chi connectivity index (χ0n) is 9.26. The average Bonchev–Trinajstić information content (AvgIpc) is 2.11. The third-order valence-electron chi connectivity index (χ3n) is 2.46. The largest absolute Gasteiger partial charge is 0.377 e. The smallest absolute Gasteiger partial charge is 0.0458 e. The molecule has 0 fully saturated rings. The maximum atomic E-state index is 8.65. The van der Waals surface area contributed by atoms with Crippen LogP contribution >= 0.6 is 0 Å². The van der Waals surface area contributed by atoms with Crippen molar-refractivity contribution in [3.63, 3.8) is 0 Å². The Morgan fingerprint density at radius 2 is 1.93 bits per heavy atom. The lowest BCUT2D eigenvalue weighted by Crippen LogP contribution is -2.13. The summed E-state index contributed by atoms with van der Waals surface area (Å²) in [5.74, 6) is 0. The van der Waals surface area contributed by atoms with Crippen LogP contribution in [-0.2, 0) is 6.54 Å². The van der Waals surface area contributed by atoms with E-state index in [1.165, 1.54) is 16.8 Å². The quantitative estimate of drug-likeness (QED) is 0.721. The van der Waals surface area contributed by atoms with Crippen molar-refractivity contribution >= 4 is 5.69 Å². The Morgan fingerprint density at radius 1 is 1.29 bits per heavy atom. The van der Waals surface area contributed by atoms with Crippen LogP contribution in [0.3, 0.4) is 0 Å². The molecule has 0 radical (unpaired) electrons. The van der Waals surface area contributed by atoms with Crippen LogP contribution in [0, 0.1) is 13.8 Å². The minimum atomic E-state index is 0.488. The Bertz CT molecular complexity index is 321. The van der Waals surface area contributed by atoms with Crippen molar-refractivity contribution in [2.45, 2.75) is 20.4 Å². The molecule has 3 heteroatoms. The summed E-state index contributed by atoms with van der Waals surface area (Å²) in [4.78, 5) is 2.09. The molecule has 0 aliphatic rings. The molecular formula is C11H18N2O. The minimum Gasteiger partial charge on any atom is -0.377 e. The molecule has 0 saturated heterocycles. The van der Waals surface area contributed by atoms with Crippen LogP contribution in [0.1, 0.15) is 16.7 Å². The summed E-state index contributed by atoms with van der Waals surface area (Å²) < 4.78 is 0. The van der Waals surface area contributed by atoms with Gasteiger partial charge in [0, 0.05) is 26.3 Å². The van der Waals surface area contributed by atoms with Crippen molar-refractivity contribution in [3.05, 3.63) is 28.8 Å². The molecule has 0 aromatic heterocycles. The monoisotopic (exact) mass is 194 g/mol. The van der Waals surface area contributed by atoms with Gasteiger partial charge in [0.1, 0.15) is 0 Å². The first kappa shape index (κ1) is 11.0. The Labute approximate surface area is 85.3 Å². The Balaban J connectivity index is 3.14. The van der Waals surface area contributed by atoms with Gasteiger partial charge in [-0.2, -0.15) is 0 Å². The number of hydrogen-bond donors (Lipinski definition) is 2. The van der Waals surface area contributed by atoms with Crippen molar-refractivity contribution in [1.29, 1.82) is 0 Å². The molecule has 0 bridgehead atoms. The van der Waals surface area contributed by atoms with Gasteiger partial charge in [-0.3, -0.25) is 0 Å². The first-order chi connectivity index (χ1) is 6.56. The maximum Gasteiger partial charge on any atom is 0.0458 e. The summed E-state index contributed by atoms with van der Waals surface area (Å²) in [5.41, 5.74) is 7.02. The fourth-order valence-corrected chi connectivity index (χ4v) is 1.57. The van der Waals surface area contributed by atoms with Crippen LogP contribution in [0.25, 0.3) is 0 Å². The van der Waals surface area contributed by atoms with Gasteiger partial charge in [-0.25, -0.2) is 5.48 Å². The first-order valence-corrected chi connectivity index (χ1v) is 4.70. The number of nitrogens with one attached hydrogen (secondary N) is 1. The van der Waals surface area contributed by atoms with E-state index in [1.54, 1.807) is 0 Å². The highest BCUT2D eigenvalue weighted by Gasteiger charge is 2.05. The lowest BCUT2D eigenvalue weighted by Gasteiger charge is -2.18. The Kier molecular flexibility index (Phi) is 3.49. The number of anilines is 1. The SMILES string of the molecule is Cc1cc(CNO)cc(N(C)C)c1C. The van der Waals surface area contributed by atoms with Crippen molar-refractivity contribution in [2.24, 2.45) is 0 Å². The molecule has 78 valence electrons. The molecule has 2 N–H and O–H groups in total. The van der Waals surface area contributed by atoms with Gasteiger partial charge in [-0.15, -0.1) is 0 Å². The summed E-state index contributed by atoms with van der Waals surface area (Å²) in [5, 5.41) is 8.65. The van der Waals surface area contributed by atoms with E-state index >= 15 is 0 Å². The molecule has 0 amide bonds. The van der Waals surface area contributed by atoms with Gasteiger partial charge in [-0.05, 0) is 36.6 Å². The second kappa shape index (κ2) is 4.44. The highest BCUT2D eigenvalue weighted by atomic mass is 16.5. The molecule has 0 spiro atoms. The lowest BCUT2D eigenvalue weighted by atomic mass is 10.0. The van der Waals surface area contributed by atoms with Crippen molar-refractivity contribution < 1.29 is 5.21 Å². The fraction of sp³-hybridized carbons (Fsp3) is 0.455. The van der Waals surface area contributed by atoms with Crippen LogP contribution < -0.4 is 10.4 Å². The van der Waals surface area contributed by atoms with E-state index < -0.39 is 0 Å². The van der Waals surface area contributed by atoms with Crippen molar-refractivity contribution in [3.8, 4) is 0 Å². The van der Waals surface area contributed by atoms with E-state index in [2.05, 4.69) is 36.4 Å². The molecule has 0 aliphatic heterocycles. The van der Waals surface area contributed by atoms with E-state index in [4.69, 9.17) is 5.21 Å². The first-order valence-electron chi connectivity index (χ1n) is 4.70. The van der Waals surface area contributed by atoms with Gasteiger partial charge in [-0.1, -0.05) is 6.07 Å². The standard InChI is InChI=1S/C11H18N2O/c1-8-5-10(7-12-14)6-11(9(8)2)13(3)4/h5-6,12,14H,7H2,1-4H3. The lowest BCUT2D eigenvalue weighted by molar-refractivity contribution is 0.161. The number of aryl methyl sites for hydroxylation is 1. The van der Waals surface area contributed by atoms with Crippen molar-refractivity contribution in [2.75, 3.05) is 19.0 Å². The van der Waals surface area contributed by atoms with Crippen LogP contribution in [-0.4, -0.2) is 19.3 Å². The summed E-state index contributed by atoms with van der Waals surface area (Å²) in [6, 6.07) is 4.18. The summed E-state index contributed by atoms with van der Waals surface area (Å²) in [6.07, 6.45) is 0. The molecule has 0 unspecified atom stereocenters. The third-order valence-corrected chi connectivity index (χ3v) is 2.46. The van der Waals surface area contributed by atoms with E-state index in [1.807, 2.05) is 14.1 Å². The van der Waals surface area contributed by atoms with Gasteiger partial charge in [0.2, 0.25) is 0 Å². The van der Waals surface area contributed by atoms with Crippen LogP contribution in [0.2, 0.25) is 0 Å². The van der Waals surface area contributed by atoms with E-state index in [0.717, 1.165) is 5.56 Å². The summed E-state index contributed by atoms with van der Waals surface area (Å²) in [6.45, 7) is 4.69. The molecule has 14 heavy (non-hydrogen) atoms. The fourth-order valence-electron chi connectivity index (χ4n) is 1.57. The molecule has 0 atom stereocenters. The second-order valence-corrected chi connectivity index (χ2v) is 3.79. The molecule has 1 aromatic rings. The van der Waals surface area contributed by atoms with Gasteiger partial charge in [0.15, 0.2) is 0 Å². The number of hydroxylamine groups is 1. The molecule has 3 nitrogen and oxygen atoms in total. The third kappa shape index (κ3) is 2.25. The maximum absolute atomic E-state index is 8.65. The van der Waals surface area contributed by atoms with Crippen LogP contribution in [0.15, 0.2) is 12.1 Å². The predicted octanol–water partition coefficient (Wildman–Crippen LogP) is 1.85. The summed E-state index contributed by atoms with van der Waals surface area (Å²) >= 11 is 0. The van der Waals surface area contributed by atoms with Gasteiger partial charge in [0.25, 0.3) is 0 Å². The zero-order valence-corrected chi connectivity index (χ0v) is 9.26. The van der Waals surface area contributed by atoms with Gasteiger partial charge >= 0.3 is 0 Å². The Hall–Kier alpha value is -1.06. The van der Waals surface area contributed by atoms with Crippen molar-refractivity contribution in [1.82, 2.24) is 5.48 Å². The number of benzene rings is 1. The van der Waals surface area contributed by atoms with Crippen LogP contribution in [0.4, 0.5) is 5.69 Å². The number of nitrogens with zero attached hydrogens (tertiary/aromatic N) is 1. The number of hydrogen-bond acceptors (Lipinski definition) is 3. The molecule has 1 aromatic carbocycles. The zero-order chi connectivity index (χ0) is 10.7. The molecule has 1 rings (SSSR count). The topological polar surface area (TPSA) is 35.5 Å². The molecule has 0 saturated carbocycles. The van der Waals surface area contributed by atoms with E-state index in [-0.39, 0.29) is 0 Å². The Morgan fingerprint density at radius 3 is 2.43 bits per heavy atom. The highest BCUT2D eigenvalue weighted by molar-refractivity contribution is 5.57. The van der Waals surface area contributed by atoms with Gasteiger partial charge < -0.3 is 10.1 Å². The minimum absolute atomic E-state index is 0.488. The molecular weight excluding hydrogens is 176 g/mol. The molecule has 0 aliphatic carbocycles. The normalized spacial score (nSPS) is 10.4. The highest BCUT2D eigenvalue weighted by Crippen LogP contribution is 2.23. The van der Waals surface area contributed by atoms with E-state index in [9.17, 15) is 0 Å². The van der Waals surface area contributed by atoms with E-state index in [0.29, 0.717) is 6.54 Å². The van der Waals surface area contributed by atoms with Crippen LogP contribution in [0.5, 0.6) is 0 Å². The molecule has 0 heterocycles.